The lowest BCUT2D eigenvalue weighted by Gasteiger charge is -2.11. The minimum Gasteiger partial charge on any atom is -0.325 e. The number of carbonyl (C=O) groups is 1. The Balaban J connectivity index is 1.51. The Hall–Kier alpha value is -3.66. The molecule has 0 saturated heterocycles. The number of hydrogen-bond donors (Lipinski definition) is 1. The first-order chi connectivity index (χ1) is 15.9. The molecular weight excluding hydrogens is 451 g/mol. The number of alkyl halides is 3. The zero-order valence-electron chi connectivity index (χ0n) is 17.2. The van der Waals surface area contributed by atoms with Crippen LogP contribution in [0.15, 0.2) is 84.3 Å². The van der Waals surface area contributed by atoms with E-state index in [-0.39, 0.29) is 11.4 Å². The summed E-state index contributed by atoms with van der Waals surface area (Å²) in [5.41, 5.74) is 1.12. The van der Waals surface area contributed by atoms with Gasteiger partial charge in [-0.2, -0.15) is 13.2 Å². The van der Waals surface area contributed by atoms with Gasteiger partial charge in [0.2, 0.25) is 5.91 Å². The van der Waals surface area contributed by atoms with Gasteiger partial charge < -0.3 is 5.32 Å². The van der Waals surface area contributed by atoms with E-state index in [9.17, 15) is 18.0 Å². The number of nitrogens with one attached hydrogen (secondary N) is 1. The Bertz CT molecular complexity index is 1230. The summed E-state index contributed by atoms with van der Waals surface area (Å²) in [6.45, 7) is 0.489. The lowest BCUT2D eigenvalue weighted by molar-refractivity contribution is -0.137. The monoisotopic (exact) mass is 469 g/mol. The third-order valence-corrected chi connectivity index (χ3v) is 5.61. The summed E-state index contributed by atoms with van der Waals surface area (Å²) in [5, 5.41) is 11.6. The van der Waals surface area contributed by atoms with Gasteiger partial charge in [0.15, 0.2) is 11.0 Å². The number of amides is 1. The van der Waals surface area contributed by atoms with E-state index in [0.29, 0.717) is 17.5 Å². The predicted molar refractivity (Wildman–Crippen MR) is 120 cm³/mol. The number of hydrogen-bond acceptors (Lipinski definition) is 5. The van der Waals surface area contributed by atoms with Crippen LogP contribution in [0.3, 0.4) is 0 Å². The molecule has 1 amide bonds. The summed E-state index contributed by atoms with van der Waals surface area (Å²) in [4.78, 5) is 16.4. The van der Waals surface area contributed by atoms with Crippen molar-refractivity contribution in [3.05, 3.63) is 90.3 Å². The molecule has 6 nitrogen and oxygen atoms in total. The molecule has 0 saturated carbocycles. The average Bonchev–Trinajstić information content (AvgIpc) is 3.21. The molecule has 33 heavy (non-hydrogen) atoms. The molecule has 4 rings (SSSR count). The number of pyridine rings is 1. The van der Waals surface area contributed by atoms with Crippen LogP contribution in [-0.4, -0.2) is 31.4 Å². The van der Waals surface area contributed by atoms with Crippen molar-refractivity contribution >= 4 is 23.4 Å². The van der Waals surface area contributed by atoms with Gasteiger partial charge in [-0.3, -0.25) is 14.3 Å². The van der Waals surface area contributed by atoms with E-state index in [0.717, 1.165) is 35.0 Å². The quantitative estimate of drug-likeness (QED) is 0.380. The molecule has 0 atom stereocenters. The van der Waals surface area contributed by atoms with Crippen LogP contribution in [0.25, 0.3) is 11.4 Å². The smallest absolute Gasteiger partial charge is 0.325 e. The largest absolute Gasteiger partial charge is 0.416 e. The van der Waals surface area contributed by atoms with Crippen molar-refractivity contribution in [1.29, 1.82) is 0 Å². The van der Waals surface area contributed by atoms with Crippen LogP contribution in [0.4, 0.5) is 18.9 Å². The Kier molecular flexibility index (Phi) is 6.74. The molecule has 168 valence electrons. The van der Waals surface area contributed by atoms with E-state index >= 15 is 0 Å². The lowest BCUT2D eigenvalue weighted by Crippen LogP contribution is -2.15. The van der Waals surface area contributed by atoms with Gasteiger partial charge in [-0.1, -0.05) is 48.2 Å². The molecule has 0 fully saturated rings. The molecule has 0 radical (unpaired) electrons. The topological polar surface area (TPSA) is 72.7 Å². The molecule has 0 bridgehead atoms. The Morgan fingerprint density at radius 2 is 1.73 bits per heavy atom. The standard InChI is InChI=1S/C23H18F3N5OS/c24-23(25,26)18-7-4-8-19(13-18)28-20(32)15-33-22-30-29-21(17-9-11-27-12-10-17)31(22)14-16-5-2-1-3-6-16/h1-13H,14-15H2,(H,28,32). The van der Waals surface area contributed by atoms with Gasteiger partial charge in [0, 0.05) is 23.6 Å². The summed E-state index contributed by atoms with van der Waals surface area (Å²) in [5.74, 6) is 0.139. The van der Waals surface area contributed by atoms with Crippen LogP contribution < -0.4 is 5.32 Å². The fourth-order valence-electron chi connectivity index (χ4n) is 3.12. The molecule has 4 aromatic rings. The normalized spacial score (nSPS) is 11.4. The van der Waals surface area contributed by atoms with Crippen molar-refractivity contribution in [2.24, 2.45) is 0 Å². The third-order valence-electron chi connectivity index (χ3n) is 4.64. The number of rotatable bonds is 7. The summed E-state index contributed by atoms with van der Waals surface area (Å²) in [6, 6.07) is 17.9. The first-order valence-electron chi connectivity index (χ1n) is 9.87. The highest BCUT2D eigenvalue weighted by Crippen LogP contribution is 2.31. The van der Waals surface area contributed by atoms with Gasteiger partial charge in [0.1, 0.15) is 0 Å². The Morgan fingerprint density at radius 1 is 0.970 bits per heavy atom. The second-order valence-electron chi connectivity index (χ2n) is 7.03. The maximum atomic E-state index is 12.9. The summed E-state index contributed by atoms with van der Waals surface area (Å²) in [6.07, 6.45) is -1.16. The first kappa shape index (κ1) is 22.5. The zero-order valence-corrected chi connectivity index (χ0v) is 18.0. The average molecular weight is 469 g/mol. The van der Waals surface area contributed by atoms with Crippen LogP contribution in [0.1, 0.15) is 11.1 Å². The van der Waals surface area contributed by atoms with Gasteiger partial charge in [-0.15, -0.1) is 10.2 Å². The highest BCUT2D eigenvalue weighted by molar-refractivity contribution is 7.99. The van der Waals surface area contributed by atoms with Gasteiger partial charge in [-0.25, -0.2) is 0 Å². The highest BCUT2D eigenvalue weighted by atomic mass is 32.2. The van der Waals surface area contributed by atoms with Gasteiger partial charge >= 0.3 is 6.18 Å². The van der Waals surface area contributed by atoms with Gasteiger partial charge in [-0.05, 0) is 35.9 Å². The minimum atomic E-state index is -4.48. The fraction of sp³-hybridized carbons (Fsp3) is 0.130. The number of anilines is 1. The summed E-state index contributed by atoms with van der Waals surface area (Å²) >= 11 is 1.16. The molecule has 0 aliphatic heterocycles. The second-order valence-corrected chi connectivity index (χ2v) is 7.97. The van der Waals surface area contributed by atoms with Gasteiger partial charge in [0.05, 0.1) is 17.9 Å². The van der Waals surface area contributed by atoms with E-state index < -0.39 is 17.6 Å². The van der Waals surface area contributed by atoms with Crippen molar-refractivity contribution in [3.63, 3.8) is 0 Å². The summed E-state index contributed by atoms with van der Waals surface area (Å²) in [7, 11) is 0. The number of thioether (sulfide) groups is 1. The molecule has 0 spiro atoms. The van der Waals surface area contributed by atoms with Crippen LogP contribution >= 0.6 is 11.8 Å². The highest BCUT2D eigenvalue weighted by Gasteiger charge is 2.30. The second kappa shape index (κ2) is 9.86. The van der Waals surface area contributed by atoms with E-state index in [1.54, 1.807) is 12.4 Å². The molecule has 1 N–H and O–H groups in total. The van der Waals surface area contributed by atoms with Crippen molar-refractivity contribution in [3.8, 4) is 11.4 Å². The van der Waals surface area contributed by atoms with Crippen LogP contribution in [0.2, 0.25) is 0 Å². The Morgan fingerprint density at radius 3 is 2.45 bits per heavy atom. The molecule has 2 aromatic carbocycles. The van der Waals surface area contributed by atoms with E-state index in [2.05, 4.69) is 20.5 Å². The van der Waals surface area contributed by atoms with E-state index in [4.69, 9.17) is 0 Å². The maximum absolute atomic E-state index is 12.9. The van der Waals surface area contributed by atoms with Crippen molar-refractivity contribution in [1.82, 2.24) is 19.7 Å². The molecule has 0 aliphatic rings. The SMILES string of the molecule is O=C(CSc1nnc(-c2ccncc2)n1Cc1ccccc1)Nc1cccc(C(F)(F)F)c1. The van der Waals surface area contributed by atoms with Crippen LogP contribution in [-0.2, 0) is 17.5 Å². The number of benzene rings is 2. The molecule has 0 unspecified atom stereocenters. The zero-order chi connectivity index (χ0) is 23.3. The predicted octanol–water partition coefficient (Wildman–Crippen LogP) is 5.14. The number of halogens is 3. The van der Waals surface area contributed by atoms with Gasteiger partial charge in [0.25, 0.3) is 0 Å². The van der Waals surface area contributed by atoms with E-state index in [1.165, 1.54) is 12.1 Å². The molecule has 0 aliphatic carbocycles. The van der Waals surface area contributed by atoms with E-state index in [1.807, 2.05) is 47.0 Å². The first-order valence-corrected chi connectivity index (χ1v) is 10.9. The third kappa shape index (κ3) is 5.78. The number of aromatic nitrogens is 4. The molecule has 2 aromatic heterocycles. The molecular formula is C23H18F3N5OS. The van der Waals surface area contributed by atoms with Crippen molar-refractivity contribution in [2.75, 3.05) is 11.1 Å². The lowest BCUT2D eigenvalue weighted by atomic mass is 10.2. The number of nitrogens with zero attached hydrogens (tertiary/aromatic N) is 4. The number of carbonyl (C=O) groups excluding carboxylic acids is 1. The Labute approximate surface area is 191 Å². The van der Waals surface area contributed by atoms with Crippen LogP contribution in [0.5, 0.6) is 0 Å². The summed E-state index contributed by atoms with van der Waals surface area (Å²) < 4.78 is 40.6. The molecule has 2 heterocycles. The maximum Gasteiger partial charge on any atom is 0.416 e. The van der Waals surface area contributed by atoms with Crippen LogP contribution in [0, 0.1) is 0 Å². The van der Waals surface area contributed by atoms with Crippen molar-refractivity contribution in [2.45, 2.75) is 17.9 Å². The minimum absolute atomic E-state index is 0.0421. The fourth-order valence-corrected chi connectivity index (χ4v) is 3.86. The van der Waals surface area contributed by atoms with Crippen molar-refractivity contribution < 1.29 is 18.0 Å². The molecule has 10 heteroatoms.